The fourth-order valence-electron chi connectivity index (χ4n) is 1.97. The lowest BCUT2D eigenvalue weighted by Crippen LogP contribution is -2.33. The van der Waals surface area contributed by atoms with Crippen LogP contribution in [0.15, 0.2) is 41.0 Å². The Morgan fingerprint density at radius 3 is 2.76 bits per heavy atom. The number of halogens is 2. The van der Waals surface area contributed by atoms with Crippen LogP contribution in [0, 0.1) is 5.82 Å². The lowest BCUT2D eigenvalue weighted by Gasteiger charge is -2.17. The van der Waals surface area contributed by atoms with E-state index < -0.39 is 17.7 Å². The molecular weight excluding hydrogens is 395 g/mol. The van der Waals surface area contributed by atoms with Crippen molar-refractivity contribution < 1.29 is 23.5 Å². The lowest BCUT2D eigenvalue weighted by molar-refractivity contribution is -0.143. The summed E-state index contributed by atoms with van der Waals surface area (Å²) >= 11 is 3.20. The second-order valence-electron chi connectivity index (χ2n) is 5.00. The summed E-state index contributed by atoms with van der Waals surface area (Å²) < 4.78 is 24.0. The van der Waals surface area contributed by atoms with E-state index in [2.05, 4.69) is 20.9 Å². The zero-order valence-electron chi connectivity index (χ0n) is 13.7. The van der Waals surface area contributed by atoms with Crippen LogP contribution in [0.5, 0.6) is 11.6 Å². The number of aromatic nitrogens is 1. The Balaban J connectivity index is 2.22. The molecule has 2 rings (SSSR count). The van der Waals surface area contributed by atoms with Crippen LogP contribution in [-0.2, 0) is 9.53 Å². The molecule has 0 radical (unpaired) electrons. The topological polar surface area (TPSA) is 68.7 Å². The van der Waals surface area contributed by atoms with Crippen molar-refractivity contribution in [3.8, 4) is 11.6 Å². The van der Waals surface area contributed by atoms with Gasteiger partial charge in [0, 0.05) is 13.2 Å². The predicted molar refractivity (Wildman–Crippen MR) is 92.0 cm³/mol. The Kier molecular flexibility index (Phi) is 6.46. The highest BCUT2D eigenvalue weighted by atomic mass is 79.9. The van der Waals surface area contributed by atoms with Crippen molar-refractivity contribution in [2.75, 3.05) is 20.2 Å². The van der Waals surface area contributed by atoms with Gasteiger partial charge < -0.3 is 14.4 Å². The van der Waals surface area contributed by atoms with Crippen molar-refractivity contribution in [3.63, 3.8) is 0 Å². The number of esters is 1. The van der Waals surface area contributed by atoms with Gasteiger partial charge in [-0.2, -0.15) is 0 Å². The molecular formula is C17H16BrFN2O4. The van der Waals surface area contributed by atoms with Gasteiger partial charge >= 0.3 is 5.97 Å². The van der Waals surface area contributed by atoms with Gasteiger partial charge in [0.15, 0.2) is 0 Å². The number of carbonyl (C=O) groups is 2. The van der Waals surface area contributed by atoms with Crippen molar-refractivity contribution in [2.45, 2.75) is 6.92 Å². The Bertz CT molecular complexity index is 785. The van der Waals surface area contributed by atoms with E-state index in [0.717, 1.165) is 0 Å². The first-order valence-electron chi connectivity index (χ1n) is 7.41. The van der Waals surface area contributed by atoms with Crippen LogP contribution in [0.4, 0.5) is 4.39 Å². The van der Waals surface area contributed by atoms with Crippen LogP contribution in [-0.4, -0.2) is 42.0 Å². The van der Waals surface area contributed by atoms with Crippen LogP contribution < -0.4 is 4.74 Å². The van der Waals surface area contributed by atoms with Crippen molar-refractivity contribution in [1.82, 2.24) is 9.88 Å². The Hall–Kier alpha value is -2.48. The molecule has 0 saturated heterocycles. The number of nitrogens with zero attached hydrogens (tertiary/aromatic N) is 2. The first kappa shape index (κ1) is 18.9. The maximum Gasteiger partial charge on any atom is 0.325 e. The molecule has 0 bridgehead atoms. The van der Waals surface area contributed by atoms with Gasteiger partial charge in [0.1, 0.15) is 23.7 Å². The van der Waals surface area contributed by atoms with Crippen molar-refractivity contribution in [3.05, 3.63) is 52.4 Å². The van der Waals surface area contributed by atoms with Gasteiger partial charge in [0.25, 0.3) is 5.91 Å². The van der Waals surface area contributed by atoms with Gasteiger partial charge in [-0.25, -0.2) is 9.37 Å². The molecule has 132 valence electrons. The third kappa shape index (κ3) is 4.99. The van der Waals surface area contributed by atoms with E-state index in [1.807, 2.05) is 0 Å². The molecule has 6 nitrogen and oxygen atoms in total. The summed E-state index contributed by atoms with van der Waals surface area (Å²) in [4.78, 5) is 29.4. The molecule has 8 heteroatoms. The van der Waals surface area contributed by atoms with Gasteiger partial charge in [-0.1, -0.05) is 0 Å². The molecule has 0 spiro atoms. The number of carbonyl (C=O) groups excluding carboxylic acids is 2. The van der Waals surface area contributed by atoms with Gasteiger partial charge in [-0.15, -0.1) is 0 Å². The number of likely N-dealkylation sites (N-methyl/N-ethyl adjacent to an activating group) is 1. The number of rotatable bonds is 6. The van der Waals surface area contributed by atoms with E-state index in [1.165, 1.54) is 42.4 Å². The largest absolute Gasteiger partial charge is 0.465 e. The molecule has 1 aromatic carbocycles. The molecule has 1 amide bonds. The Morgan fingerprint density at radius 1 is 1.32 bits per heavy atom. The number of pyridine rings is 1. The molecule has 0 saturated carbocycles. The van der Waals surface area contributed by atoms with Crippen LogP contribution >= 0.6 is 15.9 Å². The smallest absolute Gasteiger partial charge is 0.325 e. The zero-order chi connectivity index (χ0) is 18.4. The van der Waals surface area contributed by atoms with E-state index in [1.54, 1.807) is 13.0 Å². The minimum Gasteiger partial charge on any atom is -0.465 e. The maximum absolute atomic E-state index is 13.2. The normalized spacial score (nSPS) is 10.2. The standard InChI is InChI=1S/C17H16BrFN2O4/c1-3-24-15(22)10-21(2)17(23)12-5-4-8-20-16(12)25-14-7-6-11(19)9-13(14)18/h4-9H,3,10H2,1-2H3. The first-order chi connectivity index (χ1) is 11.9. The maximum atomic E-state index is 13.2. The Labute approximate surface area is 152 Å². The quantitative estimate of drug-likeness (QED) is 0.682. The first-order valence-corrected chi connectivity index (χ1v) is 8.20. The number of ether oxygens (including phenoxy) is 2. The van der Waals surface area contributed by atoms with Crippen LogP contribution in [0.25, 0.3) is 0 Å². The van der Waals surface area contributed by atoms with Gasteiger partial charge in [0.2, 0.25) is 5.88 Å². The van der Waals surface area contributed by atoms with Crippen molar-refractivity contribution in [2.24, 2.45) is 0 Å². The fraction of sp³-hybridized carbons (Fsp3) is 0.235. The average Bonchev–Trinajstić information content (AvgIpc) is 2.57. The molecule has 0 fully saturated rings. The van der Waals surface area contributed by atoms with E-state index in [9.17, 15) is 14.0 Å². The molecule has 0 N–H and O–H groups in total. The van der Waals surface area contributed by atoms with E-state index in [4.69, 9.17) is 9.47 Å². The van der Waals surface area contributed by atoms with Gasteiger partial charge in [0.05, 0.1) is 11.1 Å². The van der Waals surface area contributed by atoms with Gasteiger partial charge in [-0.3, -0.25) is 9.59 Å². The molecule has 0 atom stereocenters. The second-order valence-corrected chi connectivity index (χ2v) is 5.85. The number of hydrogen-bond donors (Lipinski definition) is 0. The van der Waals surface area contributed by atoms with Crippen LogP contribution in [0.1, 0.15) is 17.3 Å². The summed E-state index contributed by atoms with van der Waals surface area (Å²) in [6.45, 7) is 1.73. The predicted octanol–water partition coefficient (Wildman–Crippen LogP) is 3.41. The number of amides is 1. The molecule has 0 unspecified atom stereocenters. The summed E-state index contributed by atoms with van der Waals surface area (Å²) in [5.74, 6) is -1.02. The van der Waals surface area contributed by atoms with Crippen LogP contribution in [0.3, 0.4) is 0 Å². The molecule has 0 aliphatic carbocycles. The van der Waals surface area contributed by atoms with Crippen molar-refractivity contribution in [1.29, 1.82) is 0 Å². The van der Waals surface area contributed by atoms with Crippen LogP contribution in [0.2, 0.25) is 0 Å². The highest BCUT2D eigenvalue weighted by Crippen LogP contribution is 2.31. The molecule has 25 heavy (non-hydrogen) atoms. The van der Waals surface area contributed by atoms with E-state index >= 15 is 0 Å². The summed E-state index contributed by atoms with van der Waals surface area (Å²) in [5, 5.41) is 0. The third-order valence-electron chi connectivity index (χ3n) is 3.12. The van der Waals surface area contributed by atoms with Gasteiger partial charge in [-0.05, 0) is 53.2 Å². The summed E-state index contributed by atoms with van der Waals surface area (Å²) in [6.07, 6.45) is 1.47. The molecule has 1 aromatic heterocycles. The summed E-state index contributed by atoms with van der Waals surface area (Å²) in [6, 6.07) is 7.01. The fourth-order valence-corrected chi connectivity index (χ4v) is 2.41. The molecule has 1 heterocycles. The van der Waals surface area contributed by atoms with E-state index in [-0.39, 0.29) is 24.6 Å². The number of benzene rings is 1. The SMILES string of the molecule is CCOC(=O)CN(C)C(=O)c1cccnc1Oc1ccc(F)cc1Br. The summed E-state index contributed by atoms with van der Waals surface area (Å²) in [7, 11) is 1.48. The molecule has 2 aromatic rings. The highest BCUT2D eigenvalue weighted by Gasteiger charge is 2.21. The minimum absolute atomic E-state index is 0.0514. The molecule has 0 aliphatic heterocycles. The average molecular weight is 411 g/mol. The Morgan fingerprint density at radius 2 is 2.08 bits per heavy atom. The summed E-state index contributed by atoms with van der Waals surface area (Å²) in [5.41, 5.74) is 0.172. The lowest BCUT2D eigenvalue weighted by atomic mass is 10.2. The second kappa shape index (κ2) is 8.57. The van der Waals surface area contributed by atoms with Crippen molar-refractivity contribution >= 4 is 27.8 Å². The molecule has 0 aliphatic rings. The zero-order valence-corrected chi connectivity index (χ0v) is 15.2. The third-order valence-corrected chi connectivity index (χ3v) is 3.74. The van der Waals surface area contributed by atoms with E-state index in [0.29, 0.717) is 10.2 Å². The number of hydrogen-bond acceptors (Lipinski definition) is 5. The highest BCUT2D eigenvalue weighted by molar-refractivity contribution is 9.10. The minimum atomic E-state index is -0.508. The monoisotopic (exact) mass is 410 g/mol.